The molecule has 3 aromatic rings. The molecule has 0 aliphatic rings. The van der Waals surface area contributed by atoms with E-state index in [4.69, 9.17) is 4.52 Å². The Labute approximate surface area is 120 Å². The Bertz CT molecular complexity index is 706. The summed E-state index contributed by atoms with van der Waals surface area (Å²) in [6.07, 6.45) is 3.56. The van der Waals surface area contributed by atoms with E-state index in [0.717, 1.165) is 5.56 Å². The predicted molar refractivity (Wildman–Crippen MR) is 73.3 cm³/mol. The van der Waals surface area contributed by atoms with Gasteiger partial charge < -0.3 is 9.84 Å². The third-order valence-electron chi connectivity index (χ3n) is 2.88. The lowest BCUT2D eigenvalue weighted by atomic mass is 10.1. The number of aromatic amines is 1. The van der Waals surface area contributed by atoms with Gasteiger partial charge >= 0.3 is 0 Å². The van der Waals surface area contributed by atoms with Crippen LogP contribution in [0, 0.1) is 0 Å². The molecule has 2 N–H and O–H groups in total. The number of carbonyl (C=O) groups is 1. The van der Waals surface area contributed by atoms with Gasteiger partial charge in [-0.25, -0.2) is 0 Å². The molecule has 7 nitrogen and oxygen atoms in total. The first-order chi connectivity index (χ1) is 10.3. The molecule has 0 fully saturated rings. The van der Waals surface area contributed by atoms with E-state index >= 15 is 0 Å². The number of benzene rings is 1. The highest BCUT2D eigenvalue weighted by molar-refractivity contribution is 5.93. The molecule has 106 valence electrons. The fraction of sp³-hybridized carbons (Fsp3) is 0.143. The molecule has 0 saturated carbocycles. The molecular formula is C14H13N5O2. The van der Waals surface area contributed by atoms with E-state index in [-0.39, 0.29) is 12.5 Å². The summed E-state index contributed by atoms with van der Waals surface area (Å²) in [6.45, 7) is 0.186. The minimum Gasteiger partial charge on any atom is -0.343 e. The minimum atomic E-state index is -0.244. The van der Waals surface area contributed by atoms with Crippen LogP contribution in [0.4, 0.5) is 0 Å². The second-order valence-electron chi connectivity index (χ2n) is 4.44. The highest BCUT2D eigenvalue weighted by Crippen LogP contribution is 2.06. The molecule has 7 heteroatoms. The van der Waals surface area contributed by atoms with Crippen LogP contribution in [0.1, 0.15) is 27.6 Å². The van der Waals surface area contributed by atoms with Crippen LogP contribution < -0.4 is 5.32 Å². The Morgan fingerprint density at radius 1 is 1.29 bits per heavy atom. The van der Waals surface area contributed by atoms with Crippen molar-refractivity contribution in [2.24, 2.45) is 0 Å². The van der Waals surface area contributed by atoms with Crippen molar-refractivity contribution < 1.29 is 9.32 Å². The molecule has 1 aromatic carbocycles. The second-order valence-corrected chi connectivity index (χ2v) is 4.44. The van der Waals surface area contributed by atoms with Gasteiger partial charge in [-0.1, -0.05) is 35.5 Å². The number of carbonyl (C=O) groups excluding carboxylic acids is 1. The van der Waals surface area contributed by atoms with Crippen molar-refractivity contribution in [3.63, 3.8) is 0 Å². The number of nitrogens with one attached hydrogen (secondary N) is 2. The number of aromatic nitrogens is 4. The molecule has 0 radical (unpaired) electrons. The summed E-state index contributed by atoms with van der Waals surface area (Å²) >= 11 is 0. The van der Waals surface area contributed by atoms with Crippen LogP contribution in [-0.2, 0) is 13.0 Å². The van der Waals surface area contributed by atoms with Gasteiger partial charge in [0.1, 0.15) is 0 Å². The molecule has 0 unspecified atom stereocenters. The van der Waals surface area contributed by atoms with Crippen molar-refractivity contribution in [3.8, 4) is 0 Å². The first-order valence-corrected chi connectivity index (χ1v) is 6.43. The maximum absolute atomic E-state index is 11.7. The highest BCUT2D eigenvalue weighted by Gasteiger charge is 2.10. The van der Waals surface area contributed by atoms with E-state index in [1.165, 1.54) is 12.4 Å². The number of H-pyrrole nitrogens is 1. The Morgan fingerprint density at radius 3 is 2.90 bits per heavy atom. The molecule has 0 aliphatic heterocycles. The number of hydrogen-bond donors (Lipinski definition) is 2. The zero-order valence-corrected chi connectivity index (χ0v) is 11.1. The summed E-state index contributed by atoms with van der Waals surface area (Å²) in [5.41, 5.74) is 1.56. The monoisotopic (exact) mass is 283 g/mol. The summed E-state index contributed by atoms with van der Waals surface area (Å²) in [5, 5.41) is 12.9. The summed E-state index contributed by atoms with van der Waals surface area (Å²) in [5.74, 6) is 0.720. The van der Waals surface area contributed by atoms with E-state index in [2.05, 4.69) is 25.7 Å². The predicted octanol–water partition coefficient (Wildman–Crippen LogP) is 1.31. The fourth-order valence-electron chi connectivity index (χ4n) is 1.85. The van der Waals surface area contributed by atoms with Gasteiger partial charge in [0.05, 0.1) is 18.3 Å². The molecule has 0 saturated heterocycles. The lowest BCUT2D eigenvalue weighted by Crippen LogP contribution is -2.22. The lowest BCUT2D eigenvalue weighted by Gasteiger charge is -1.98. The molecule has 2 aromatic heterocycles. The SMILES string of the molecule is O=C(NCc1nc(Cc2ccccc2)no1)c1cn[nH]c1. The van der Waals surface area contributed by atoms with Crippen molar-refractivity contribution in [2.45, 2.75) is 13.0 Å². The van der Waals surface area contributed by atoms with Gasteiger partial charge in [-0.2, -0.15) is 10.1 Å². The molecule has 2 heterocycles. The van der Waals surface area contributed by atoms with Gasteiger partial charge in [0.2, 0.25) is 5.89 Å². The number of hydrogen-bond acceptors (Lipinski definition) is 5. The van der Waals surface area contributed by atoms with Crippen LogP contribution in [0.15, 0.2) is 47.2 Å². The second kappa shape index (κ2) is 6.00. The number of rotatable bonds is 5. The lowest BCUT2D eigenvalue weighted by molar-refractivity contribution is 0.0946. The molecule has 1 amide bonds. The van der Waals surface area contributed by atoms with Crippen LogP contribution in [0.2, 0.25) is 0 Å². The standard InChI is InChI=1S/C14H13N5O2/c20-14(11-7-16-17-8-11)15-9-13-18-12(19-21-13)6-10-4-2-1-3-5-10/h1-5,7-8H,6,9H2,(H,15,20)(H,16,17). The summed E-state index contributed by atoms with van der Waals surface area (Å²) in [4.78, 5) is 16.0. The number of nitrogens with zero attached hydrogens (tertiary/aromatic N) is 3. The molecule has 0 atom stereocenters. The summed E-state index contributed by atoms with van der Waals surface area (Å²) in [6, 6.07) is 9.87. The summed E-state index contributed by atoms with van der Waals surface area (Å²) < 4.78 is 5.11. The van der Waals surface area contributed by atoms with Crippen molar-refractivity contribution >= 4 is 5.91 Å². The fourth-order valence-corrected chi connectivity index (χ4v) is 1.85. The van der Waals surface area contributed by atoms with Crippen molar-refractivity contribution in [1.82, 2.24) is 25.7 Å². The van der Waals surface area contributed by atoms with Crippen LogP contribution in [0.3, 0.4) is 0 Å². The minimum absolute atomic E-state index is 0.186. The average molecular weight is 283 g/mol. The van der Waals surface area contributed by atoms with Crippen molar-refractivity contribution in [2.75, 3.05) is 0 Å². The van der Waals surface area contributed by atoms with Gasteiger partial charge in [-0.05, 0) is 5.56 Å². The Kier molecular flexibility index (Phi) is 3.72. The summed E-state index contributed by atoms with van der Waals surface area (Å²) in [7, 11) is 0. The topological polar surface area (TPSA) is 96.7 Å². The van der Waals surface area contributed by atoms with E-state index in [1.807, 2.05) is 30.3 Å². The molecular weight excluding hydrogens is 270 g/mol. The average Bonchev–Trinajstić information content (AvgIpc) is 3.17. The molecule has 0 aliphatic carbocycles. The molecule has 0 spiro atoms. The van der Waals surface area contributed by atoms with Crippen LogP contribution >= 0.6 is 0 Å². The first kappa shape index (κ1) is 13.0. The van der Waals surface area contributed by atoms with Crippen LogP contribution in [-0.4, -0.2) is 26.2 Å². The van der Waals surface area contributed by atoms with Crippen molar-refractivity contribution in [3.05, 3.63) is 65.6 Å². The molecule has 0 bridgehead atoms. The van der Waals surface area contributed by atoms with Crippen LogP contribution in [0.5, 0.6) is 0 Å². The van der Waals surface area contributed by atoms with Gasteiger partial charge in [0.15, 0.2) is 5.82 Å². The van der Waals surface area contributed by atoms with E-state index in [1.54, 1.807) is 0 Å². The largest absolute Gasteiger partial charge is 0.343 e. The van der Waals surface area contributed by atoms with Crippen molar-refractivity contribution in [1.29, 1.82) is 0 Å². The van der Waals surface area contributed by atoms with Crippen LogP contribution in [0.25, 0.3) is 0 Å². The first-order valence-electron chi connectivity index (χ1n) is 6.43. The Morgan fingerprint density at radius 2 is 2.14 bits per heavy atom. The maximum Gasteiger partial charge on any atom is 0.254 e. The van der Waals surface area contributed by atoms with E-state index in [9.17, 15) is 4.79 Å². The quantitative estimate of drug-likeness (QED) is 0.736. The third-order valence-corrected chi connectivity index (χ3v) is 2.88. The zero-order valence-electron chi connectivity index (χ0n) is 11.1. The molecule has 21 heavy (non-hydrogen) atoms. The Hall–Kier alpha value is -2.96. The Balaban J connectivity index is 1.57. The number of amides is 1. The normalized spacial score (nSPS) is 10.5. The highest BCUT2D eigenvalue weighted by atomic mass is 16.5. The zero-order chi connectivity index (χ0) is 14.5. The van der Waals surface area contributed by atoms with Gasteiger partial charge in [0.25, 0.3) is 5.91 Å². The van der Waals surface area contributed by atoms with Gasteiger partial charge in [-0.3, -0.25) is 9.89 Å². The maximum atomic E-state index is 11.7. The third kappa shape index (κ3) is 3.33. The van der Waals surface area contributed by atoms with Gasteiger partial charge in [0, 0.05) is 12.6 Å². The smallest absolute Gasteiger partial charge is 0.254 e. The van der Waals surface area contributed by atoms with E-state index in [0.29, 0.717) is 23.7 Å². The molecule has 3 rings (SSSR count). The van der Waals surface area contributed by atoms with E-state index < -0.39 is 0 Å². The van der Waals surface area contributed by atoms with Gasteiger partial charge in [-0.15, -0.1) is 0 Å².